The molecule has 20 heavy (non-hydrogen) atoms. The number of guanidine groups is 1. The zero-order valence-electron chi connectivity index (χ0n) is 12.5. The van der Waals surface area contributed by atoms with E-state index in [1.54, 1.807) is 7.11 Å². The van der Waals surface area contributed by atoms with Crippen LogP contribution in [0.1, 0.15) is 13.8 Å². The van der Waals surface area contributed by atoms with Crippen LogP contribution in [0.25, 0.3) is 0 Å². The third kappa shape index (κ3) is 3.56. The molecule has 2 rings (SSSR count). The fraction of sp³-hybridized carbons (Fsp3) is 0.533. The number of methoxy groups -OCH3 is 1. The highest BCUT2D eigenvalue weighted by atomic mass is 16.5. The van der Waals surface area contributed by atoms with E-state index in [9.17, 15) is 0 Å². The minimum atomic E-state index is 0.245. The van der Waals surface area contributed by atoms with Crippen molar-refractivity contribution in [2.24, 2.45) is 10.7 Å². The average molecular weight is 276 g/mol. The molecule has 1 fully saturated rings. The minimum absolute atomic E-state index is 0.245. The van der Waals surface area contributed by atoms with Crippen LogP contribution in [0.3, 0.4) is 0 Å². The van der Waals surface area contributed by atoms with Gasteiger partial charge in [-0.2, -0.15) is 0 Å². The molecule has 0 saturated carbocycles. The molecule has 0 radical (unpaired) electrons. The molecule has 2 N–H and O–H groups in total. The van der Waals surface area contributed by atoms with Gasteiger partial charge in [0.1, 0.15) is 5.75 Å². The van der Waals surface area contributed by atoms with Crippen LogP contribution in [0.4, 0.5) is 5.69 Å². The van der Waals surface area contributed by atoms with Crippen LogP contribution >= 0.6 is 0 Å². The summed E-state index contributed by atoms with van der Waals surface area (Å²) in [6, 6.07) is 8.43. The second-order valence-electron chi connectivity index (χ2n) is 5.25. The van der Waals surface area contributed by atoms with Gasteiger partial charge in [-0.3, -0.25) is 4.99 Å². The van der Waals surface area contributed by atoms with Crippen molar-refractivity contribution in [2.75, 3.05) is 38.2 Å². The number of anilines is 1. The number of aliphatic imine (C=N–C) groups is 1. The molecule has 0 aromatic heterocycles. The smallest absolute Gasteiger partial charge is 0.191 e. The first-order valence-corrected chi connectivity index (χ1v) is 7.07. The molecule has 1 aliphatic heterocycles. The largest absolute Gasteiger partial charge is 0.497 e. The summed E-state index contributed by atoms with van der Waals surface area (Å²) in [4.78, 5) is 8.92. The Morgan fingerprint density at radius 2 is 1.75 bits per heavy atom. The Morgan fingerprint density at radius 1 is 1.15 bits per heavy atom. The lowest BCUT2D eigenvalue weighted by atomic mass is 10.2. The molecular weight excluding hydrogens is 252 g/mol. The molecule has 0 bridgehead atoms. The van der Waals surface area contributed by atoms with Gasteiger partial charge in [0.25, 0.3) is 0 Å². The van der Waals surface area contributed by atoms with E-state index >= 15 is 0 Å². The Hall–Kier alpha value is -1.91. The second kappa shape index (κ2) is 6.50. The van der Waals surface area contributed by atoms with E-state index in [0.29, 0.717) is 5.96 Å². The topological polar surface area (TPSA) is 54.1 Å². The highest BCUT2D eigenvalue weighted by molar-refractivity contribution is 5.78. The summed E-state index contributed by atoms with van der Waals surface area (Å²) in [5.74, 6) is 1.55. The third-order valence-electron chi connectivity index (χ3n) is 3.43. The number of nitrogens with zero attached hydrogens (tertiary/aromatic N) is 3. The van der Waals surface area contributed by atoms with E-state index in [2.05, 4.69) is 26.9 Å². The second-order valence-corrected chi connectivity index (χ2v) is 5.25. The molecule has 5 nitrogen and oxygen atoms in total. The Bertz CT molecular complexity index is 447. The monoisotopic (exact) mass is 276 g/mol. The molecule has 5 heteroatoms. The molecule has 1 heterocycles. The number of rotatable bonds is 3. The van der Waals surface area contributed by atoms with Crippen LogP contribution in [-0.2, 0) is 0 Å². The van der Waals surface area contributed by atoms with Gasteiger partial charge in [0.15, 0.2) is 5.96 Å². The summed E-state index contributed by atoms with van der Waals surface area (Å²) < 4.78 is 5.18. The predicted molar refractivity (Wildman–Crippen MR) is 83.5 cm³/mol. The van der Waals surface area contributed by atoms with Crippen molar-refractivity contribution in [2.45, 2.75) is 19.9 Å². The zero-order chi connectivity index (χ0) is 14.5. The van der Waals surface area contributed by atoms with Crippen molar-refractivity contribution in [1.29, 1.82) is 0 Å². The van der Waals surface area contributed by atoms with Crippen molar-refractivity contribution in [3.8, 4) is 5.75 Å². The summed E-state index contributed by atoms with van der Waals surface area (Å²) >= 11 is 0. The van der Waals surface area contributed by atoms with Crippen molar-refractivity contribution in [3.63, 3.8) is 0 Å². The number of ether oxygens (including phenoxy) is 1. The normalized spacial score (nSPS) is 16.7. The highest BCUT2D eigenvalue weighted by Gasteiger charge is 2.18. The van der Waals surface area contributed by atoms with Crippen molar-refractivity contribution in [3.05, 3.63) is 24.3 Å². The summed E-state index contributed by atoms with van der Waals surface area (Å²) in [5, 5.41) is 0. The molecule has 0 spiro atoms. The molecular formula is C15H24N4O. The zero-order valence-corrected chi connectivity index (χ0v) is 12.5. The lowest BCUT2D eigenvalue weighted by Crippen LogP contribution is -2.51. The van der Waals surface area contributed by atoms with Gasteiger partial charge in [0.05, 0.1) is 7.11 Å². The van der Waals surface area contributed by atoms with Crippen LogP contribution in [0, 0.1) is 0 Å². The molecule has 0 aliphatic carbocycles. The lowest BCUT2D eigenvalue weighted by Gasteiger charge is -2.36. The molecule has 1 saturated heterocycles. The molecule has 0 unspecified atom stereocenters. The van der Waals surface area contributed by atoms with Crippen molar-refractivity contribution < 1.29 is 4.74 Å². The third-order valence-corrected chi connectivity index (χ3v) is 3.43. The summed E-state index contributed by atoms with van der Waals surface area (Å²) in [7, 11) is 1.69. The SMILES string of the molecule is COc1ccc(N2CCN(C(N)=NC(C)C)CC2)cc1. The summed E-state index contributed by atoms with van der Waals surface area (Å²) in [6.07, 6.45) is 0. The number of benzene rings is 1. The standard InChI is InChI=1S/C15H24N4O/c1-12(2)17-15(16)19-10-8-18(9-11-19)13-4-6-14(20-3)7-5-13/h4-7,12H,8-11H2,1-3H3,(H2,16,17). The molecule has 0 amide bonds. The Balaban J connectivity index is 1.93. The van der Waals surface area contributed by atoms with E-state index in [-0.39, 0.29) is 6.04 Å². The fourth-order valence-corrected chi connectivity index (χ4v) is 2.33. The first-order valence-electron chi connectivity index (χ1n) is 7.07. The van der Waals surface area contributed by atoms with Gasteiger partial charge in [-0.25, -0.2) is 0 Å². The Morgan fingerprint density at radius 3 is 2.25 bits per heavy atom. The molecule has 1 aromatic carbocycles. The fourth-order valence-electron chi connectivity index (χ4n) is 2.33. The number of piperazine rings is 1. The van der Waals surface area contributed by atoms with E-state index in [0.717, 1.165) is 31.9 Å². The van der Waals surface area contributed by atoms with Gasteiger partial charge in [0, 0.05) is 37.9 Å². The molecule has 1 aliphatic rings. The van der Waals surface area contributed by atoms with Gasteiger partial charge < -0.3 is 20.3 Å². The minimum Gasteiger partial charge on any atom is -0.497 e. The van der Waals surface area contributed by atoms with Gasteiger partial charge in [-0.15, -0.1) is 0 Å². The van der Waals surface area contributed by atoms with E-state index in [1.807, 2.05) is 26.0 Å². The van der Waals surface area contributed by atoms with Crippen LogP contribution in [0.5, 0.6) is 5.75 Å². The van der Waals surface area contributed by atoms with E-state index in [4.69, 9.17) is 10.5 Å². The van der Waals surface area contributed by atoms with Gasteiger partial charge >= 0.3 is 0 Å². The maximum atomic E-state index is 6.01. The van der Waals surface area contributed by atoms with Crippen LogP contribution < -0.4 is 15.4 Å². The molecule has 0 atom stereocenters. The summed E-state index contributed by atoms with van der Waals surface area (Å²) in [5.41, 5.74) is 7.24. The quantitative estimate of drug-likeness (QED) is 0.672. The maximum Gasteiger partial charge on any atom is 0.191 e. The van der Waals surface area contributed by atoms with Crippen molar-refractivity contribution >= 4 is 11.6 Å². The number of nitrogens with two attached hydrogens (primary N) is 1. The van der Waals surface area contributed by atoms with Gasteiger partial charge in [-0.1, -0.05) is 0 Å². The van der Waals surface area contributed by atoms with E-state index < -0.39 is 0 Å². The predicted octanol–water partition coefficient (Wildman–Crippen LogP) is 1.54. The average Bonchev–Trinajstić information content (AvgIpc) is 2.47. The number of hydrogen-bond donors (Lipinski definition) is 1. The van der Waals surface area contributed by atoms with E-state index in [1.165, 1.54) is 5.69 Å². The molecule has 1 aromatic rings. The Labute approximate surface area is 121 Å². The lowest BCUT2D eigenvalue weighted by molar-refractivity contribution is 0.379. The first-order chi connectivity index (χ1) is 9.60. The molecule has 110 valence electrons. The summed E-state index contributed by atoms with van der Waals surface area (Å²) in [6.45, 7) is 7.82. The maximum absolute atomic E-state index is 6.01. The van der Waals surface area contributed by atoms with Crippen LogP contribution in [0.2, 0.25) is 0 Å². The highest BCUT2D eigenvalue weighted by Crippen LogP contribution is 2.20. The number of hydrogen-bond acceptors (Lipinski definition) is 3. The van der Waals surface area contributed by atoms with Gasteiger partial charge in [-0.05, 0) is 38.1 Å². The first kappa shape index (κ1) is 14.5. The Kier molecular flexibility index (Phi) is 4.71. The van der Waals surface area contributed by atoms with Crippen LogP contribution in [-0.4, -0.2) is 50.2 Å². The van der Waals surface area contributed by atoms with Crippen molar-refractivity contribution in [1.82, 2.24) is 4.90 Å². The van der Waals surface area contributed by atoms with Gasteiger partial charge in [0.2, 0.25) is 0 Å². The van der Waals surface area contributed by atoms with Crippen LogP contribution in [0.15, 0.2) is 29.3 Å².